The quantitative estimate of drug-likeness (QED) is 0.858. The van der Waals surface area contributed by atoms with Crippen LogP contribution >= 0.6 is 23.2 Å². The van der Waals surface area contributed by atoms with Gasteiger partial charge in [-0.1, -0.05) is 29.3 Å². The van der Waals surface area contributed by atoms with E-state index in [2.05, 4.69) is 5.32 Å². The standard InChI is InChI=1S/C13H19Cl2NO/c1-9(2)17-8-11(16-3)6-10-4-5-12(14)13(15)7-10/h4-5,7,9,11,16H,6,8H2,1-3H3. The average molecular weight is 276 g/mol. The third kappa shape index (κ3) is 5.26. The number of rotatable bonds is 6. The van der Waals surface area contributed by atoms with Crippen LogP contribution in [0, 0.1) is 0 Å². The summed E-state index contributed by atoms with van der Waals surface area (Å²) in [6.07, 6.45) is 1.12. The molecule has 1 aromatic carbocycles. The van der Waals surface area contributed by atoms with E-state index >= 15 is 0 Å². The SMILES string of the molecule is CNC(COC(C)C)Cc1ccc(Cl)c(Cl)c1. The van der Waals surface area contributed by atoms with Gasteiger partial charge in [0.05, 0.1) is 22.8 Å². The van der Waals surface area contributed by atoms with E-state index in [-0.39, 0.29) is 12.1 Å². The Morgan fingerprint density at radius 2 is 1.94 bits per heavy atom. The number of hydrogen-bond donors (Lipinski definition) is 1. The second-order valence-corrected chi connectivity index (χ2v) is 5.13. The first-order chi connectivity index (χ1) is 8.02. The van der Waals surface area contributed by atoms with Gasteiger partial charge >= 0.3 is 0 Å². The number of ether oxygens (including phenoxy) is 1. The van der Waals surface area contributed by atoms with Gasteiger partial charge in [0.15, 0.2) is 0 Å². The molecule has 0 aliphatic heterocycles. The predicted octanol–water partition coefficient (Wildman–Crippen LogP) is 3.55. The minimum absolute atomic E-state index is 0.250. The second-order valence-electron chi connectivity index (χ2n) is 4.32. The molecule has 0 heterocycles. The molecular weight excluding hydrogens is 257 g/mol. The van der Waals surface area contributed by atoms with Crippen LogP contribution in [-0.4, -0.2) is 25.8 Å². The van der Waals surface area contributed by atoms with Crippen LogP contribution in [0.5, 0.6) is 0 Å². The Kier molecular flexibility index (Phi) is 6.28. The lowest BCUT2D eigenvalue weighted by Crippen LogP contribution is -2.33. The highest BCUT2D eigenvalue weighted by atomic mass is 35.5. The van der Waals surface area contributed by atoms with E-state index < -0.39 is 0 Å². The highest BCUT2D eigenvalue weighted by molar-refractivity contribution is 6.42. The van der Waals surface area contributed by atoms with Gasteiger partial charge in [-0.2, -0.15) is 0 Å². The van der Waals surface area contributed by atoms with Crippen molar-refractivity contribution in [3.8, 4) is 0 Å². The Hall–Kier alpha value is -0.280. The summed E-state index contributed by atoms with van der Waals surface area (Å²) in [5, 5.41) is 4.43. The highest BCUT2D eigenvalue weighted by Gasteiger charge is 2.09. The molecule has 0 spiro atoms. The number of likely N-dealkylation sites (N-methyl/N-ethyl adjacent to an activating group) is 1. The third-order valence-electron chi connectivity index (χ3n) is 2.51. The molecule has 0 aliphatic carbocycles. The molecule has 0 amide bonds. The summed E-state index contributed by atoms with van der Waals surface area (Å²) in [6.45, 7) is 4.76. The zero-order chi connectivity index (χ0) is 12.8. The van der Waals surface area contributed by atoms with Gasteiger partial charge in [-0.05, 0) is 45.0 Å². The summed E-state index contributed by atoms with van der Waals surface area (Å²) in [4.78, 5) is 0. The summed E-state index contributed by atoms with van der Waals surface area (Å²) in [7, 11) is 1.94. The van der Waals surface area contributed by atoms with Crippen LogP contribution in [0.2, 0.25) is 10.0 Å². The second kappa shape index (κ2) is 7.22. The van der Waals surface area contributed by atoms with Gasteiger partial charge in [0.1, 0.15) is 0 Å². The lowest BCUT2D eigenvalue weighted by molar-refractivity contribution is 0.0628. The first-order valence-corrected chi connectivity index (χ1v) is 6.51. The van der Waals surface area contributed by atoms with Gasteiger partial charge in [-0.15, -0.1) is 0 Å². The van der Waals surface area contributed by atoms with Crippen LogP contribution in [-0.2, 0) is 11.2 Å². The molecule has 0 saturated carbocycles. The zero-order valence-corrected chi connectivity index (χ0v) is 12.0. The number of benzene rings is 1. The van der Waals surface area contributed by atoms with Crippen LogP contribution < -0.4 is 5.32 Å². The normalized spacial score (nSPS) is 13.1. The molecule has 1 unspecified atom stereocenters. The van der Waals surface area contributed by atoms with Crippen LogP contribution in [0.4, 0.5) is 0 Å². The lowest BCUT2D eigenvalue weighted by Gasteiger charge is -2.18. The van der Waals surface area contributed by atoms with Crippen LogP contribution in [0.15, 0.2) is 18.2 Å². The van der Waals surface area contributed by atoms with Gasteiger partial charge in [-0.3, -0.25) is 0 Å². The molecule has 0 aliphatic rings. The molecule has 0 fully saturated rings. The molecule has 0 bridgehead atoms. The van der Waals surface area contributed by atoms with E-state index in [0.717, 1.165) is 12.0 Å². The van der Waals surface area contributed by atoms with E-state index in [9.17, 15) is 0 Å². The van der Waals surface area contributed by atoms with Crippen molar-refractivity contribution in [3.05, 3.63) is 33.8 Å². The molecule has 1 N–H and O–H groups in total. The van der Waals surface area contributed by atoms with Crippen molar-refractivity contribution >= 4 is 23.2 Å². The van der Waals surface area contributed by atoms with E-state index in [1.807, 2.05) is 39.1 Å². The van der Waals surface area contributed by atoms with Crippen molar-refractivity contribution in [2.75, 3.05) is 13.7 Å². The lowest BCUT2D eigenvalue weighted by atomic mass is 10.1. The van der Waals surface area contributed by atoms with Gasteiger partial charge < -0.3 is 10.1 Å². The number of hydrogen-bond acceptors (Lipinski definition) is 2. The van der Waals surface area contributed by atoms with Gasteiger partial charge in [-0.25, -0.2) is 0 Å². The van der Waals surface area contributed by atoms with E-state index in [1.165, 1.54) is 0 Å². The predicted molar refractivity (Wildman–Crippen MR) is 74.1 cm³/mol. The van der Waals surface area contributed by atoms with Gasteiger partial charge in [0, 0.05) is 6.04 Å². The van der Waals surface area contributed by atoms with Crippen molar-refractivity contribution in [1.82, 2.24) is 5.32 Å². The molecule has 4 heteroatoms. The minimum atomic E-state index is 0.250. The van der Waals surface area contributed by atoms with Crippen LogP contribution in [0.3, 0.4) is 0 Å². The molecule has 1 rings (SSSR count). The highest BCUT2D eigenvalue weighted by Crippen LogP contribution is 2.23. The van der Waals surface area contributed by atoms with E-state index in [0.29, 0.717) is 16.7 Å². The van der Waals surface area contributed by atoms with Crippen molar-refractivity contribution in [3.63, 3.8) is 0 Å². The molecule has 17 heavy (non-hydrogen) atoms. The molecule has 2 nitrogen and oxygen atoms in total. The van der Waals surface area contributed by atoms with E-state index in [1.54, 1.807) is 0 Å². The summed E-state index contributed by atoms with van der Waals surface area (Å²) in [5.41, 5.74) is 1.16. The maximum Gasteiger partial charge on any atom is 0.0626 e. The molecule has 1 atom stereocenters. The van der Waals surface area contributed by atoms with Gasteiger partial charge in [0.2, 0.25) is 0 Å². The van der Waals surface area contributed by atoms with Crippen molar-refractivity contribution < 1.29 is 4.74 Å². The summed E-state index contributed by atoms with van der Waals surface area (Å²) in [6, 6.07) is 6.02. The Morgan fingerprint density at radius 3 is 2.47 bits per heavy atom. The van der Waals surface area contributed by atoms with Crippen LogP contribution in [0.1, 0.15) is 19.4 Å². The first-order valence-electron chi connectivity index (χ1n) is 5.75. The first kappa shape index (κ1) is 14.8. The largest absolute Gasteiger partial charge is 0.377 e. The fraction of sp³-hybridized carbons (Fsp3) is 0.538. The van der Waals surface area contributed by atoms with Crippen molar-refractivity contribution in [2.45, 2.75) is 32.4 Å². The minimum Gasteiger partial charge on any atom is -0.377 e. The van der Waals surface area contributed by atoms with Crippen LogP contribution in [0.25, 0.3) is 0 Å². The molecule has 0 radical (unpaired) electrons. The maximum absolute atomic E-state index is 5.98. The fourth-order valence-corrected chi connectivity index (χ4v) is 1.82. The smallest absolute Gasteiger partial charge is 0.0626 e. The number of halogens is 2. The maximum atomic E-state index is 5.98. The van der Waals surface area contributed by atoms with Crippen molar-refractivity contribution in [1.29, 1.82) is 0 Å². The molecule has 96 valence electrons. The van der Waals surface area contributed by atoms with Gasteiger partial charge in [0.25, 0.3) is 0 Å². The summed E-state index contributed by atoms with van der Waals surface area (Å²) >= 11 is 11.9. The Morgan fingerprint density at radius 1 is 1.24 bits per heavy atom. The molecule has 1 aromatic rings. The Bertz CT molecular complexity index is 355. The Balaban J connectivity index is 2.57. The summed E-state index contributed by atoms with van der Waals surface area (Å²) in [5.74, 6) is 0. The molecule has 0 aromatic heterocycles. The number of nitrogens with one attached hydrogen (secondary N) is 1. The zero-order valence-electron chi connectivity index (χ0n) is 10.5. The fourth-order valence-electron chi connectivity index (χ4n) is 1.50. The van der Waals surface area contributed by atoms with E-state index in [4.69, 9.17) is 27.9 Å². The molecular formula is C13H19Cl2NO. The van der Waals surface area contributed by atoms with Crippen molar-refractivity contribution in [2.24, 2.45) is 0 Å². The Labute approximate surface area is 113 Å². The molecule has 0 saturated heterocycles. The third-order valence-corrected chi connectivity index (χ3v) is 3.24. The topological polar surface area (TPSA) is 21.3 Å². The monoisotopic (exact) mass is 275 g/mol. The average Bonchev–Trinajstić information content (AvgIpc) is 2.28. The summed E-state index contributed by atoms with van der Waals surface area (Å²) < 4.78 is 5.60.